The van der Waals surface area contributed by atoms with Crippen molar-refractivity contribution >= 4 is 21.7 Å². The molecule has 0 aliphatic heterocycles. The van der Waals surface area contributed by atoms with Gasteiger partial charge in [0.2, 0.25) is 0 Å². The van der Waals surface area contributed by atoms with Crippen molar-refractivity contribution < 1.29 is 0 Å². The van der Waals surface area contributed by atoms with Crippen LogP contribution in [0.4, 0.5) is 0 Å². The molecule has 3 aromatic heterocycles. The van der Waals surface area contributed by atoms with Crippen molar-refractivity contribution in [2.75, 3.05) is 13.1 Å². The topological polar surface area (TPSA) is 103 Å². The molecule has 8 nitrogen and oxygen atoms in total. The zero-order valence-corrected chi connectivity index (χ0v) is 19.1. The number of nitrogens with two attached hydrogens (primary N) is 1. The van der Waals surface area contributed by atoms with E-state index in [0.717, 1.165) is 29.2 Å². The Kier molecular flexibility index (Phi) is 6.99. The van der Waals surface area contributed by atoms with E-state index in [0.29, 0.717) is 36.5 Å². The molecule has 0 saturated heterocycles. The highest BCUT2D eigenvalue weighted by Gasteiger charge is 2.26. The minimum Gasteiger partial charge on any atom is -0.329 e. The Bertz CT molecular complexity index is 1220. The molecule has 0 amide bonds. The Labute approximate surface area is 190 Å². The molecule has 4 rings (SSSR count). The molecule has 0 aliphatic carbocycles. The first-order valence-electron chi connectivity index (χ1n) is 10.7. The number of nitrogens with zero attached hydrogens (tertiary/aromatic N) is 6. The third kappa shape index (κ3) is 4.74. The van der Waals surface area contributed by atoms with Crippen molar-refractivity contribution in [2.45, 2.75) is 39.4 Å². The van der Waals surface area contributed by atoms with E-state index in [9.17, 15) is 4.79 Å². The van der Waals surface area contributed by atoms with Crippen molar-refractivity contribution in [1.82, 2.24) is 29.4 Å². The molecule has 32 heavy (non-hydrogen) atoms. The molecular formula is C23H27N7OS. The molecule has 0 radical (unpaired) electrons. The van der Waals surface area contributed by atoms with Crippen molar-refractivity contribution in [3.63, 3.8) is 0 Å². The van der Waals surface area contributed by atoms with Gasteiger partial charge in [0.25, 0.3) is 5.56 Å². The lowest BCUT2D eigenvalue weighted by atomic mass is 10.1. The van der Waals surface area contributed by atoms with Gasteiger partial charge in [-0.15, -0.1) is 11.3 Å². The van der Waals surface area contributed by atoms with Gasteiger partial charge in [0.05, 0.1) is 18.1 Å². The highest BCUT2D eigenvalue weighted by Crippen LogP contribution is 2.26. The minimum atomic E-state index is -0.111. The third-order valence-corrected chi connectivity index (χ3v) is 6.15. The van der Waals surface area contributed by atoms with Crippen LogP contribution in [0.2, 0.25) is 0 Å². The predicted molar refractivity (Wildman–Crippen MR) is 126 cm³/mol. The highest BCUT2D eigenvalue weighted by atomic mass is 32.1. The van der Waals surface area contributed by atoms with Crippen LogP contribution in [-0.2, 0) is 13.1 Å². The third-order valence-electron chi connectivity index (χ3n) is 5.43. The average Bonchev–Trinajstić information content (AvgIpc) is 3.28. The van der Waals surface area contributed by atoms with E-state index >= 15 is 0 Å². The Morgan fingerprint density at radius 2 is 1.88 bits per heavy atom. The fraction of sp³-hybridized carbons (Fsp3) is 0.348. The number of hydrogen-bond donors (Lipinski definition) is 1. The van der Waals surface area contributed by atoms with Crippen LogP contribution in [0, 0.1) is 6.92 Å². The summed E-state index contributed by atoms with van der Waals surface area (Å²) in [6, 6.07) is 9.86. The van der Waals surface area contributed by atoms with Crippen LogP contribution in [0.3, 0.4) is 0 Å². The number of benzene rings is 1. The molecule has 1 unspecified atom stereocenters. The summed E-state index contributed by atoms with van der Waals surface area (Å²) in [5, 5.41) is 0. The molecule has 0 fully saturated rings. The fourth-order valence-corrected chi connectivity index (χ4v) is 4.54. The molecular weight excluding hydrogens is 422 g/mol. The van der Waals surface area contributed by atoms with Crippen LogP contribution < -0.4 is 11.3 Å². The molecule has 0 bridgehead atoms. The van der Waals surface area contributed by atoms with E-state index in [1.165, 1.54) is 11.3 Å². The van der Waals surface area contributed by atoms with Gasteiger partial charge in [-0.25, -0.2) is 19.9 Å². The number of aryl methyl sites for hydroxylation is 1. The fourth-order valence-electron chi connectivity index (χ4n) is 3.89. The van der Waals surface area contributed by atoms with Gasteiger partial charge in [-0.1, -0.05) is 37.3 Å². The summed E-state index contributed by atoms with van der Waals surface area (Å²) in [5.41, 5.74) is 10.00. The predicted octanol–water partition coefficient (Wildman–Crippen LogP) is 2.91. The van der Waals surface area contributed by atoms with Crippen molar-refractivity contribution in [2.24, 2.45) is 5.73 Å². The second-order valence-corrected chi connectivity index (χ2v) is 8.51. The monoisotopic (exact) mass is 449 g/mol. The van der Waals surface area contributed by atoms with Crippen LogP contribution >= 0.6 is 11.3 Å². The zero-order valence-electron chi connectivity index (χ0n) is 18.3. The maximum atomic E-state index is 13.4. The molecule has 1 atom stereocenters. The maximum Gasteiger partial charge on any atom is 0.281 e. The summed E-state index contributed by atoms with van der Waals surface area (Å²) >= 11 is 1.39. The van der Waals surface area contributed by atoms with E-state index in [1.54, 1.807) is 10.1 Å². The lowest BCUT2D eigenvalue weighted by Gasteiger charge is -2.31. The van der Waals surface area contributed by atoms with Gasteiger partial charge in [0, 0.05) is 37.6 Å². The number of thiazole rings is 1. The zero-order chi connectivity index (χ0) is 22.5. The van der Waals surface area contributed by atoms with Gasteiger partial charge < -0.3 is 5.73 Å². The summed E-state index contributed by atoms with van der Waals surface area (Å²) in [6.07, 6.45) is 4.46. The number of rotatable bonds is 9. The summed E-state index contributed by atoms with van der Waals surface area (Å²) in [5.74, 6) is 1.47. The summed E-state index contributed by atoms with van der Waals surface area (Å²) in [4.78, 5) is 34.2. The summed E-state index contributed by atoms with van der Waals surface area (Å²) in [7, 11) is 0. The van der Waals surface area contributed by atoms with Crippen LogP contribution in [0.25, 0.3) is 10.3 Å². The number of hydrogen-bond acceptors (Lipinski definition) is 8. The van der Waals surface area contributed by atoms with Crippen LogP contribution in [0.5, 0.6) is 0 Å². The van der Waals surface area contributed by atoms with Crippen LogP contribution in [0.15, 0.2) is 53.0 Å². The maximum absolute atomic E-state index is 13.4. The first-order valence-corrected chi connectivity index (χ1v) is 11.6. The normalized spacial score (nSPS) is 12.5. The Morgan fingerprint density at radius 1 is 1.12 bits per heavy atom. The highest BCUT2D eigenvalue weighted by molar-refractivity contribution is 7.16. The summed E-state index contributed by atoms with van der Waals surface area (Å²) < 4.78 is 1.76. The molecule has 0 aliphatic rings. The number of aromatic nitrogens is 5. The van der Waals surface area contributed by atoms with Gasteiger partial charge in [0.15, 0.2) is 10.3 Å². The van der Waals surface area contributed by atoms with Gasteiger partial charge in [-0.3, -0.25) is 14.3 Å². The second-order valence-electron chi connectivity index (χ2n) is 7.67. The molecule has 1 aromatic carbocycles. The average molecular weight is 450 g/mol. The Morgan fingerprint density at radius 3 is 2.56 bits per heavy atom. The van der Waals surface area contributed by atoms with Crippen molar-refractivity contribution in [3.05, 3.63) is 81.4 Å². The SMILES string of the molecule is CCC(c1nc2scnc2c(=O)n1Cc1ccccc1)N(CCN)Cc1cnc(C)nc1. The molecule has 9 heteroatoms. The standard InChI is InChI=1S/C23H27N7OS/c1-3-19(29(10-9-24)13-18-11-25-16(2)26-12-18)21-28-22-20(27-15-32-22)23(31)30(21)14-17-7-5-4-6-8-17/h4-8,11-12,15,19H,3,9-10,13-14,24H2,1-2H3. The molecule has 0 saturated carbocycles. The molecule has 2 N–H and O–H groups in total. The van der Waals surface area contributed by atoms with Gasteiger partial charge >= 0.3 is 0 Å². The first kappa shape index (κ1) is 22.2. The lowest BCUT2D eigenvalue weighted by molar-refractivity contribution is 0.175. The van der Waals surface area contributed by atoms with E-state index < -0.39 is 0 Å². The van der Waals surface area contributed by atoms with E-state index in [1.807, 2.05) is 49.6 Å². The quantitative estimate of drug-likeness (QED) is 0.419. The smallest absolute Gasteiger partial charge is 0.281 e. The molecule has 3 heterocycles. The van der Waals surface area contributed by atoms with E-state index in [-0.39, 0.29) is 11.6 Å². The number of fused-ring (bicyclic) bond motifs is 1. The van der Waals surface area contributed by atoms with Gasteiger partial charge in [-0.05, 0) is 18.9 Å². The van der Waals surface area contributed by atoms with Crippen molar-refractivity contribution in [3.8, 4) is 0 Å². The van der Waals surface area contributed by atoms with Crippen LogP contribution in [-0.4, -0.2) is 42.5 Å². The van der Waals surface area contributed by atoms with E-state index in [4.69, 9.17) is 10.7 Å². The summed E-state index contributed by atoms with van der Waals surface area (Å²) in [6.45, 7) is 6.19. The van der Waals surface area contributed by atoms with E-state index in [2.05, 4.69) is 26.8 Å². The lowest BCUT2D eigenvalue weighted by Crippen LogP contribution is -2.37. The minimum absolute atomic E-state index is 0.0947. The largest absolute Gasteiger partial charge is 0.329 e. The molecule has 0 spiro atoms. The Hall–Kier alpha value is -3.01. The van der Waals surface area contributed by atoms with Gasteiger partial charge in [-0.2, -0.15) is 0 Å². The molecule has 4 aromatic rings. The second kappa shape index (κ2) is 10.1. The van der Waals surface area contributed by atoms with Crippen LogP contribution in [0.1, 0.15) is 42.2 Å². The molecule has 166 valence electrons. The van der Waals surface area contributed by atoms with Gasteiger partial charge in [0.1, 0.15) is 11.6 Å². The van der Waals surface area contributed by atoms with Crippen molar-refractivity contribution in [1.29, 1.82) is 0 Å². The first-order chi connectivity index (χ1) is 15.6. The Balaban J connectivity index is 1.79.